The van der Waals surface area contributed by atoms with E-state index in [-0.39, 0.29) is 0 Å². The molecule has 0 amide bonds. The minimum Gasteiger partial charge on any atom is -0.490 e. The number of ether oxygens (including phenoxy) is 1. The second kappa shape index (κ2) is 8.87. The van der Waals surface area contributed by atoms with Crippen LogP contribution in [0.25, 0.3) is 0 Å². The summed E-state index contributed by atoms with van der Waals surface area (Å²) in [5, 5.41) is 0. The van der Waals surface area contributed by atoms with Crippen molar-refractivity contribution in [2.24, 2.45) is 5.92 Å². The maximum atomic E-state index is 6.21. The van der Waals surface area contributed by atoms with E-state index in [1.165, 1.54) is 57.5 Å². The molecule has 1 aromatic carbocycles. The first kappa shape index (κ1) is 17.8. The van der Waals surface area contributed by atoms with Crippen LogP contribution in [0.5, 0.6) is 5.75 Å². The molecule has 2 heterocycles. The highest BCUT2D eigenvalue weighted by molar-refractivity contribution is 5.27. The number of rotatable bonds is 6. The maximum Gasteiger partial charge on any atom is 0.119 e. The zero-order valence-electron chi connectivity index (χ0n) is 15.5. The van der Waals surface area contributed by atoms with Crippen molar-refractivity contribution < 1.29 is 4.74 Å². The Labute approximate surface area is 148 Å². The van der Waals surface area contributed by atoms with E-state index >= 15 is 0 Å². The number of hydrogen-bond acceptors (Lipinski definition) is 3. The highest BCUT2D eigenvalue weighted by Gasteiger charge is 2.20. The molecule has 0 bridgehead atoms. The number of benzene rings is 1. The van der Waals surface area contributed by atoms with E-state index in [1.807, 2.05) is 0 Å². The van der Waals surface area contributed by atoms with Crippen LogP contribution in [0.4, 0.5) is 0 Å². The predicted octanol–water partition coefficient (Wildman–Crippen LogP) is 4.17. The monoisotopic (exact) mass is 330 g/mol. The average Bonchev–Trinajstić information content (AvgIpc) is 2.59. The largest absolute Gasteiger partial charge is 0.490 e. The van der Waals surface area contributed by atoms with Gasteiger partial charge in [0.2, 0.25) is 0 Å². The minimum absolute atomic E-state index is 0.390. The lowest BCUT2D eigenvalue weighted by atomic mass is 10.1. The van der Waals surface area contributed by atoms with E-state index in [9.17, 15) is 0 Å². The van der Waals surface area contributed by atoms with Gasteiger partial charge in [-0.15, -0.1) is 0 Å². The third-order valence-corrected chi connectivity index (χ3v) is 5.24. The van der Waals surface area contributed by atoms with Crippen LogP contribution in [-0.2, 0) is 6.54 Å². The van der Waals surface area contributed by atoms with Crippen LogP contribution < -0.4 is 4.74 Å². The Balaban J connectivity index is 1.43. The highest BCUT2D eigenvalue weighted by atomic mass is 16.5. The van der Waals surface area contributed by atoms with Gasteiger partial charge in [0.15, 0.2) is 0 Å². The summed E-state index contributed by atoms with van der Waals surface area (Å²) in [5.74, 6) is 1.80. The Hall–Kier alpha value is -1.06. The Morgan fingerprint density at radius 2 is 1.58 bits per heavy atom. The van der Waals surface area contributed by atoms with Crippen LogP contribution in [0.15, 0.2) is 24.3 Å². The van der Waals surface area contributed by atoms with Crippen LogP contribution in [0.1, 0.15) is 51.5 Å². The molecule has 24 heavy (non-hydrogen) atoms. The SMILES string of the molecule is CC(C)CN1CCC(Oc2ccc(CN3CCCCC3)cc2)CC1. The van der Waals surface area contributed by atoms with Crippen LogP contribution in [0.2, 0.25) is 0 Å². The Bertz CT molecular complexity index is 471. The molecule has 3 heteroatoms. The summed E-state index contributed by atoms with van der Waals surface area (Å²) in [6.45, 7) is 11.8. The zero-order chi connectivity index (χ0) is 16.8. The summed E-state index contributed by atoms with van der Waals surface area (Å²) in [5.41, 5.74) is 1.41. The molecule has 2 saturated heterocycles. The van der Waals surface area contributed by atoms with Gasteiger partial charge in [0.1, 0.15) is 11.9 Å². The molecule has 2 aliphatic heterocycles. The molecule has 3 rings (SSSR count). The van der Waals surface area contributed by atoms with E-state index in [0.29, 0.717) is 6.10 Å². The molecule has 0 radical (unpaired) electrons. The standard InChI is InChI=1S/C21H34N2O/c1-18(2)16-23-14-10-21(11-15-23)24-20-8-6-19(7-9-20)17-22-12-4-3-5-13-22/h6-9,18,21H,3-5,10-17H2,1-2H3. The summed E-state index contributed by atoms with van der Waals surface area (Å²) in [6.07, 6.45) is 6.82. The van der Waals surface area contributed by atoms with Gasteiger partial charge in [-0.3, -0.25) is 4.90 Å². The molecular weight excluding hydrogens is 296 g/mol. The first-order valence-electron chi connectivity index (χ1n) is 9.89. The summed E-state index contributed by atoms with van der Waals surface area (Å²) in [7, 11) is 0. The lowest BCUT2D eigenvalue weighted by molar-refractivity contribution is 0.0941. The van der Waals surface area contributed by atoms with E-state index in [2.05, 4.69) is 47.9 Å². The minimum atomic E-state index is 0.390. The molecule has 134 valence electrons. The van der Waals surface area contributed by atoms with Crippen molar-refractivity contribution in [3.8, 4) is 5.75 Å². The summed E-state index contributed by atoms with van der Waals surface area (Å²) in [4.78, 5) is 5.15. The molecule has 0 aromatic heterocycles. The molecule has 0 unspecified atom stereocenters. The predicted molar refractivity (Wildman–Crippen MR) is 100 cm³/mol. The van der Waals surface area contributed by atoms with Gasteiger partial charge in [0.05, 0.1) is 0 Å². The summed E-state index contributed by atoms with van der Waals surface area (Å²) in [6, 6.07) is 8.83. The molecule has 0 atom stereocenters. The zero-order valence-corrected chi connectivity index (χ0v) is 15.5. The van der Waals surface area contributed by atoms with E-state index in [4.69, 9.17) is 4.74 Å². The number of hydrogen-bond donors (Lipinski definition) is 0. The van der Waals surface area contributed by atoms with Gasteiger partial charge >= 0.3 is 0 Å². The maximum absolute atomic E-state index is 6.21. The number of nitrogens with zero attached hydrogens (tertiary/aromatic N) is 2. The average molecular weight is 331 g/mol. The van der Waals surface area contributed by atoms with Crippen molar-refractivity contribution in [1.29, 1.82) is 0 Å². The molecule has 0 N–H and O–H groups in total. The molecular formula is C21H34N2O. The summed E-state index contributed by atoms with van der Waals surface area (Å²) < 4.78 is 6.21. The van der Waals surface area contributed by atoms with Gasteiger partial charge in [0.25, 0.3) is 0 Å². The highest BCUT2D eigenvalue weighted by Crippen LogP contribution is 2.21. The first-order chi connectivity index (χ1) is 11.7. The van der Waals surface area contributed by atoms with Gasteiger partial charge in [-0.25, -0.2) is 0 Å². The van der Waals surface area contributed by atoms with Crippen molar-refractivity contribution in [1.82, 2.24) is 9.80 Å². The normalized spacial score (nSPS) is 21.3. The van der Waals surface area contributed by atoms with Crippen LogP contribution >= 0.6 is 0 Å². The van der Waals surface area contributed by atoms with Crippen LogP contribution in [0.3, 0.4) is 0 Å². The van der Waals surface area contributed by atoms with E-state index in [1.54, 1.807) is 0 Å². The van der Waals surface area contributed by atoms with Gasteiger partial charge in [-0.05, 0) is 62.4 Å². The van der Waals surface area contributed by atoms with Gasteiger partial charge < -0.3 is 9.64 Å². The van der Waals surface area contributed by atoms with Crippen molar-refractivity contribution in [3.63, 3.8) is 0 Å². The second-order valence-electron chi connectivity index (χ2n) is 7.99. The third kappa shape index (κ3) is 5.49. The van der Waals surface area contributed by atoms with E-state index in [0.717, 1.165) is 31.1 Å². The molecule has 0 aliphatic carbocycles. The van der Waals surface area contributed by atoms with Crippen molar-refractivity contribution >= 4 is 0 Å². The lowest BCUT2D eigenvalue weighted by Gasteiger charge is -2.33. The molecule has 2 fully saturated rings. The molecule has 1 aromatic rings. The Morgan fingerprint density at radius 3 is 2.21 bits per heavy atom. The topological polar surface area (TPSA) is 15.7 Å². The quantitative estimate of drug-likeness (QED) is 0.778. The number of likely N-dealkylation sites (tertiary alicyclic amines) is 2. The Kier molecular flexibility index (Phi) is 6.56. The van der Waals surface area contributed by atoms with E-state index < -0.39 is 0 Å². The van der Waals surface area contributed by atoms with Crippen molar-refractivity contribution in [2.75, 3.05) is 32.7 Å². The van der Waals surface area contributed by atoms with Crippen LogP contribution in [0, 0.1) is 5.92 Å². The third-order valence-electron chi connectivity index (χ3n) is 5.24. The molecule has 3 nitrogen and oxygen atoms in total. The smallest absolute Gasteiger partial charge is 0.119 e. The fourth-order valence-electron chi connectivity index (χ4n) is 3.97. The lowest BCUT2D eigenvalue weighted by Crippen LogP contribution is -2.39. The number of piperidine rings is 2. The van der Waals surface area contributed by atoms with Crippen molar-refractivity contribution in [3.05, 3.63) is 29.8 Å². The molecule has 0 spiro atoms. The van der Waals surface area contributed by atoms with Gasteiger partial charge in [-0.1, -0.05) is 32.4 Å². The van der Waals surface area contributed by atoms with Crippen molar-refractivity contribution in [2.45, 2.75) is 58.6 Å². The molecule has 0 saturated carbocycles. The summed E-state index contributed by atoms with van der Waals surface area (Å²) >= 11 is 0. The van der Waals surface area contributed by atoms with Gasteiger partial charge in [0, 0.05) is 26.2 Å². The molecule has 2 aliphatic rings. The first-order valence-corrected chi connectivity index (χ1v) is 9.89. The fourth-order valence-corrected chi connectivity index (χ4v) is 3.97. The Morgan fingerprint density at radius 1 is 0.917 bits per heavy atom. The fraction of sp³-hybridized carbons (Fsp3) is 0.714. The van der Waals surface area contributed by atoms with Crippen LogP contribution in [-0.4, -0.2) is 48.6 Å². The second-order valence-corrected chi connectivity index (χ2v) is 7.99. The van der Waals surface area contributed by atoms with Gasteiger partial charge in [-0.2, -0.15) is 0 Å².